The Balaban J connectivity index is 2.10. The van der Waals surface area contributed by atoms with Gasteiger partial charge in [0, 0.05) is 11.5 Å². The van der Waals surface area contributed by atoms with Crippen LogP contribution in [-0.4, -0.2) is 9.66 Å². The molecule has 1 aromatic heterocycles. The Labute approximate surface area is 114 Å². The molecule has 1 fully saturated rings. The molecule has 1 aliphatic rings. The van der Waals surface area contributed by atoms with Gasteiger partial charge < -0.3 is 11.6 Å². The van der Waals surface area contributed by atoms with Gasteiger partial charge >= 0.3 is 0 Å². The Kier molecular flexibility index (Phi) is 2.64. The molecule has 2 aromatic rings. The second-order valence-corrected chi connectivity index (χ2v) is 5.29. The second-order valence-electron chi connectivity index (χ2n) is 4.48. The fourth-order valence-corrected chi connectivity index (χ4v) is 2.25. The molecule has 0 unspecified atom stereocenters. The van der Waals surface area contributed by atoms with Gasteiger partial charge in [0.1, 0.15) is 11.5 Å². The Morgan fingerprint density at radius 3 is 2.56 bits per heavy atom. The van der Waals surface area contributed by atoms with E-state index >= 15 is 0 Å². The molecule has 4 nitrogen and oxygen atoms in total. The average Bonchev–Trinajstić information content (AvgIpc) is 3.13. The van der Waals surface area contributed by atoms with Gasteiger partial charge in [-0.2, -0.15) is 0 Å². The van der Waals surface area contributed by atoms with Crippen LogP contribution >= 0.6 is 23.2 Å². The molecular weight excluding hydrogens is 271 g/mol. The van der Waals surface area contributed by atoms with Gasteiger partial charge in [0.05, 0.1) is 10.0 Å². The van der Waals surface area contributed by atoms with Crippen molar-refractivity contribution >= 4 is 29.0 Å². The summed E-state index contributed by atoms with van der Waals surface area (Å²) in [5.41, 5.74) is 7.48. The molecule has 0 saturated heterocycles. The Morgan fingerprint density at radius 1 is 1.22 bits per heavy atom. The zero-order valence-corrected chi connectivity index (χ0v) is 11.0. The number of nitrogen functional groups attached to an aromatic ring is 2. The molecule has 0 atom stereocenters. The van der Waals surface area contributed by atoms with E-state index in [-0.39, 0.29) is 0 Å². The summed E-state index contributed by atoms with van der Waals surface area (Å²) in [6.07, 6.45) is 2.24. The molecule has 1 heterocycles. The molecule has 1 aromatic carbocycles. The topological polar surface area (TPSA) is 69.9 Å². The number of benzene rings is 1. The maximum atomic E-state index is 6.00. The van der Waals surface area contributed by atoms with Crippen LogP contribution in [-0.2, 0) is 0 Å². The maximum absolute atomic E-state index is 6.00. The lowest BCUT2D eigenvalue weighted by Crippen LogP contribution is -2.14. The van der Waals surface area contributed by atoms with Crippen LogP contribution < -0.4 is 11.6 Å². The van der Waals surface area contributed by atoms with Crippen molar-refractivity contribution in [2.24, 2.45) is 0 Å². The summed E-state index contributed by atoms with van der Waals surface area (Å²) in [6, 6.07) is 5.31. The van der Waals surface area contributed by atoms with Gasteiger partial charge in [-0.15, -0.1) is 0 Å². The minimum atomic E-state index is 0.439. The second kappa shape index (κ2) is 4.07. The number of nitrogens with two attached hydrogens (primary N) is 2. The van der Waals surface area contributed by atoms with E-state index in [0.717, 1.165) is 24.2 Å². The monoisotopic (exact) mass is 282 g/mol. The summed E-state index contributed by atoms with van der Waals surface area (Å²) < 4.78 is 1.47. The van der Waals surface area contributed by atoms with Gasteiger partial charge in [0.2, 0.25) is 0 Å². The average molecular weight is 283 g/mol. The van der Waals surface area contributed by atoms with Crippen LogP contribution in [0.3, 0.4) is 0 Å². The van der Waals surface area contributed by atoms with Crippen molar-refractivity contribution in [3.63, 3.8) is 0 Å². The van der Waals surface area contributed by atoms with Gasteiger partial charge in [-0.05, 0) is 25.0 Å². The van der Waals surface area contributed by atoms with Gasteiger partial charge in [-0.3, -0.25) is 0 Å². The SMILES string of the molecule is Nc1c(-c2ccc(Cl)c(Cl)c2)nc(C2CC2)n1N. The van der Waals surface area contributed by atoms with Crippen molar-refractivity contribution in [1.82, 2.24) is 9.66 Å². The lowest BCUT2D eigenvalue weighted by molar-refractivity contribution is 0.855. The summed E-state index contributed by atoms with van der Waals surface area (Å²) in [5, 5.41) is 0.988. The van der Waals surface area contributed by atoms with Crippen LogP contribution in [0, 0.1) is 0 Å². The fraction of sp³-hybridized carbons (Fsp3) is 0.250. The zero-order chi connectivity index (χ0) is 12.9. The third-order valence-electron chi connectivity index (χ3n) is 3.11. The van der Waals surface area contributed by atoms with Crippen molar-refractivity contribution in [2.45, 2.75) is 18.8 Å². The van der Waals surface area contributed by atoms with Crippen LogP contribution in [0.2, 0.25) is 10.0 Å². The van der Waals surface area contributed by atoms with E-state index in [9.17, 15) is 0 Å². The molecular formula is C12H12Cl2N4. The summed E-state index contributed by atoms with van der Waals surface area (Å²) in [5.74, 6) is 7.65. The number of imidazole rings is 1. The third-order valence-corrected chi connectivity index (χ3v) is 3.85. The predicted octanol–water partition coefficient (Wildman–Crippen LogP) is 3.03. The predicted molar refractivity (Wildman–Crippen MR) is 74.2 cm³/mol. The smallest absolute Gasteiger partial charge is 0.150 e. The molecule has 0 spiro atoms. The largest absolute Gasteiger partial charge is 0.382 e. The third kappa shape index (κ3) is 1.82. The fourth-order valence-electron chi connectivity index (χ4n) is 1.95. The van der Waals surface area contributed by atoms with E-state index in [1.54, 1.807) is 12.1 Å². The number of hydrogen-bond donors (Lipinski definition) is 2. The normalized spacial score (nSPS) is 15.0. The highest BCUT2D eigenvalue weighted by molar-refractivity contribution is 6.42. The molecule has 0 radical (unpaired) electrons. The van der Waals surface area contributed by atoms with E-state index in [0.29, 0.717) is 27.5 Å². The van der Waals surface area contributed by atoms with E-state index in [4.69, 9.17) is 34.8 Å². The lowest BCUT2D eigenvalue weighted by Gasteiger charge is -2.02. The summed E-state index contributed by atoms with van der Waals surface area (Å²) in [6.45, 7) is 0. The van der Waals surface area contributed by atoms with Crippen LogP contribution in [0.4, 0.5) is 5.82 Å². The van der Waals surface area contributed by atoms with Gasteiger partial charge in [0.15, 0.2) is 5.82 Å². The lowest BCUT2D eigenvalue weighted by atomic mass is 10.1. The number of rotatable bonds is 2. The van der Waals surface area contributed by atoms with Gasteiger partial charge in [0.25, 0.3) is 0 Å². The Bertz CT molecular complexity index is 617. The van der Waals surface area contributed by atoms with Crippen molar-refractivity contribution in [1.29, 1.82) is 0 Å². The highest BCUT2D eigenvalue weighted by Gasteiger charge is 2.30. The van der Waals surface area contributed by atoms with Crippen molar-refractivity contribution in [3.05, 3.63) is 34.1 Å². The van der Waals surface area contributed by atoms with Crippen LogP contribution in [0.1, 0.15) is 24.6 Å². The summed E-state index contributed by atoms with van der Waals surface area (Å²) in [4.78, 5) is 4.52. The number of hydrogen-bond acceptors (Lipinski definition) is 3. The van der Waals surface area contributed by atoms with E-state index < -0.39 is 0 Å². The standard InChI is InChI=1S/C12H12Cl2N4/c13-8-4-3-7(5-9(8)14)10-11(15)18(16)12(17-10)6-1-2-6/h3-6H,1-2,15-16H2. The first-order valence-corrected chi connectivity index (χ1v) is 6.42. The molecule has 94 valence electrons. The summed E-state index contributed by atoms with van der Waals surface area (Å²) >= 11 is 11.9. The van der Waals surface area contributed by atoms with Crippen molar-refractivity contribution in [2.75, 3.05) is 11.6 Å². The van der Waals surface area contributed by atoms with Gasteiger partial charge in [-0.1, -0.05) is 29.3 Å². The highest BCUT2D eigenvalue weighted by atomic mass is 35.5. The van der Waals surface area contributed by atoms with Gasteiger partial charge in [-0.25, -0.2) is 9.66 Å². The molecule has 0 aliphatic heterocycles. The van der Waals surface area contributed by atoms with Crippen molar-refractivity contribution < 1.29 is 0 Å². The molecule has 1 aliphatic carbocycles. The first-order chi connectivity index (χ1) is 8.58. The number of aromatic nitrogens is 2. The number of nitrogens with zero attached hydrogens (tertiary/aromatic N) is 2. The molecule has 18 heavy (non-hydrogen) atoms. The van der Waals surface area contributed by atoms with Crippen LogP contribution in [0.15, 0.2) is 18.2 Å². The first kappa shape index (κ1) is 11.7. The molecule has 3 rings (SSSR count). The van der Waals surface area contributed by atoms with Crippen LogP contribution in [0.5, 0.6) is 0 Å². The quantitative estimate of drug-likeness (QED) is 0.832. The minimum absolute atomic E-state index is 0.439. The molecule has 1 saturated carbocycles. The van der Waals surface area contributed by atoms with E-state index in [1.165, 1.54) is 4.68 Å². The highest BCUT2D eigenvalue weighted by Crippen LogP contribution is 2.41. The van der Waals surface area contributed by atoms with E-state index in [1.807, 2.05) is 6.07 Å². The van der Waals surface area contributed by atoms with E-state index in [2.05, 4.69) is 4.98 Å². The Hall–Kier alpha value is -1.39. The minimum Gasteiger partial charge on any atom is -0.382 e. The first-order valence-electron chi connectivity index (χ1n) is 5.66. The summed E-state index contributed by atoms with van der Waals surface area (Å²) in [7, 11) is 0. The molecule has 6 heteroatoms. The van der Waals surface area contributed by atoms with Crippen molar-refractivity contribution in [3.8, 4) is 11.3 Å². The van der Waals surface area contributed by atoms with Crippen LogP contribution in [0.25, 0.3) is 11.3 Å². The maximum Gasteiger partial charge on any atom is 0.150 e. The molecule has 4 N–H and O–H groups in total. The molecule has 0 bridgehead atoms. The molecule has 0 amide bonds. The Morgan fingerprint density at radius 2 is 1.94 bits per heavy atom. The zero-order valence-electron chi connectivity index (χ0n) is 9.53. The number of halogens is 2. The number of anilines is 1.